The second-order valence-corrected chi connectivity index (χ2v) is 15.9. The topological polar surface area (TPSA) is 120 Å². The molecule has 3 heterocycles. The lowest BCUT2D eigenvalue weighted by atomic mass is 9.51. The minimum Gasteiger partial charge on any atom is -0.394 e. The first-order valence-corrected chi connectivity index (χ1v) is 16.8. The molecule has 0 aromatic heterocycles. The van der Waals surface area contributed by atoms with E-state index in [1.54, 1.807) is 0 Å². The van der Waals surface area contributed by atoms with Gasteiger partial charge < -0.3 is 29.9 Å². The van der Waals surface area contributed by atoms with Gasteiger partial charge in [0, 0.05) is 31.5 Å². The van der Waals surface area contributed by atoms with Crippen LogP contribution in [-0.4, -0.2) is 93.7 Å². The summed E-state index contributed by atoms with van der Waals surface area (Å²) in [6.07, 6.45) is 3.08. The van der Waals surface area contributed by atoms with Gasteiger partial charge in [0.25, 0.3) is 0 Å². The van der Waals surface area contributed by atoms with Gasteiger partial charge in [-0.05, 0) is 104 Å². The maximum atomic E-state index is 13.9. The SMILES string of the molecule is C[C@@H]1CC[C@@H]2C[C@@H]3[C@H](CN2C1)[C@H]1C[C@H]2[C@@H](CC(=O)[C@H]4C[C@@H](O[C@@H]5O[C@H](CO)[C@@H](O)[C@@H](O)[C@H]5O)CC[C@]42C)[C@H]1C[C@H]3C. The molecule has 17 atom stereocenters. The largest absolute Gasteiger partial charge is 0.394 e. The van der Waals surface area contributed by atoms with Crippen molar-refractivity contribution < 1.29 is 34.7 Å². The summed E-state index contributed by atoms with van der Waals surface area (Å²) in [7, 11) is 0. The Balaban J connectivity index is 1.06. The van der Waals surface area contributed by atoms with Gasteiger partial charge in [-0.3, -0.25) is 9.69 Å². The van der Waals surface area contributed by atoms with Crippen LogP contribution >= 0.6 is 0 Å². The molecule has 4 N–H and O–H groups in total. The van der Waals surface area contributed by atoms with Crippen LogP contribution in [0.5, 0.6) is 0 Å². The van der Waals surface area contributed by atoms with E-state index in [1.165, 1.54) is 45.2 Å². The van der Waals surface area contributed by atoms with Crippen LogP contribution in [0, 0.1) is 58.7 Å². The van der Waals surface area contributed by atoms with Gasteiger partial charge in [0.1, 0.15) is 30.2 Å². The maximum absolute atomic E-state index is 13.9. The van der Waals surface area contributed by atoms with Crippen molar-refractivity contribution in [3.63, 3.8) is 0 Å². The zero-order chi connectivity index (χ0) is 28.8. The van der Waals surface area contributed by atoms with Crippen molar-refractivity contribution in [2.75, 3.05) is 19.7 Å². The van der Waals surface area contributed by atoms with Gasteiger partial charge >= 0.3 is 0 Å². The third-order valence-corrected chi connectivity index (χ3v) is 13.8. The zero-order valence-electron chi connectivity index (χ0n) is 25.2. The molecule has 0 aromatic carbocycles. The predicted molar refractivity (Wildman–Crippen MR) is 151 cm³/mol. The van der Waals surface area contributed by atoms with E-state index < -0.39 is 37.3 Å². The number of nitrogens with zero attached hydrogens (tertiary/aromatic N) is 1. The molecule has 8 nitrogen and oxygen atoms in total. The van der Waals surface area contributed by atoms with Gasteiger partial charge in [-0.15, -0.1) is 0 Å². The molecule has 3 saturated heterocycles. The quantitative estimate of drug-likeness (QED) is 0.379. The molecule has 0 unspecified atom stereocenters. The minimum absolute atomic E-state index is 0.0256. The molecule has 232 valence electrons. The lowest BCUT2D eigenvalue weighted by molar-refractivity contribution is -0.315. The van der Waals surface area contributed by atoms with Crippen LogP contribution in [-0.2, 0) is 14.3 Å². The van der Waals surface area contributed by atoms with E-state index in [0.717, 1.165) is 48.5 Å². The summed E-state index contributed by atoms with van der Waals surface area (Å²) >= 11 is 0. The molecule has 0 spiro atoms. The predicted octanol–water partition coefficient (Wildman–Crippen LogP) is 2.60. The number of ketones is 1. The van der Waals surface area contributed by atoms with Gasteiger partial charge in [-0.25, -0.2) is 0 Å². The second kappa shape index (κ2) is 10.8. The molecule has 3 aliphatic heterocycles. The van der Waals surface area contributed by atoms with Crippen molar-refractivity contribution in [2.24, 2.45) is 58.7 Å². The van der Waals surface area contributed by atoms with E-state index in [0.29, 0.717) is 36.4 Å². The Morgan fingerprint density at radius 2 is 1.68 bits per heavy atom. The third-order valence-electron chi connectivity index (χ3n) is 13.8. The first kappa shape index (κ1) is 29.1. The Kier molecular flexibility index (Phi) is 7.66. The minimum atomic E-state index is -1.45. The van der Waals surface area contributed by atoms with Crippen molar-refractivity contribution in [3.05, 3.63) is 0 Å². The van der Waals surface area contributed by atoms with Gasteiger partial charge in [-0.1, -0.05) is 20.8 Å². The number of piperidine rings is 2. The van der Waals surface area contributed by atoms with Crippen LogP contribution in [0.1, 0.15) is 78.6 Å². The summed E-state index contributed by atoms with van der Waals surface area (Å²) < 4.78 is 11.8. The number of hydrogen-bond acceptors (Lipinski definition) is 8. The van der Waals surface area contributed by atoms with Crippen LogP contribution in [0.2, 0.25) is 0 Å². The molecule has 7 aliphatic rings. The van der Waals surface area contributed by atoms with Gasteiger partial charge in [0.15, 0.2) is 6.29 Å². The number of rotatable bonds is 3. The summed E-state index contributed by atoms with van der Waals surface area (Å²) in [5.74, 6) is 6.03. The fourth-order valence-electron chi connectivity index (χ4n) is 11.7. The first-order valence-electron chi connectivity index (χ1n) is 16.8. The highest BCUT2D eigenvalue weighted by Crippen LogP contribution is 2.66. The third kappa shape index (κ3) is 4.69. The highest BCUT2D eigenvalue weighted by molar-refractivity contribution is 5.83. The van der Waals surface area contributed by atoms with Crippen LogP contribution in [0.4, 0.5) is 0 Å². The lowest BCUT2D eigenvalue weighted by Gasteiger charge is -2.55. The summed E-state index contributed by atoms with van der Waals surface area (Å²) in [5.41, 5.74) is -0.0256. The number of aliphatic hydroxyl groups excluding tert-OH is 4. The number of aliphatic hydroxyl groups is 4. The molecule has 8 heteroatoms. The van der Waals surface area contributed by atoms with Crippen LogP contribution in [0.25, 0.3) is 0 Å². The Labute approximate surface area is 245 Å². The van der Waals surface area contributed by atoms with E-state index in [4.69, 9.17) is 9.47 Å². The average molecular weight is 576 g/mol. The summed E-state index contributed by atoms with van der Waals surface area (Å²) in [5, 5.41) is 40.4. The Bertz CT molecular complexity index is 993. The van der Waals surface area contributed by atoms with Crippen LogP contribution < -0.4 is 0 Å². The molecule has 0 bridgehead atoms. The van der Waals surface area contributed by atoms with E-state index in [9.17, 15) is 25.2 Å². The van der Waals surface area contributed by atoms with Crippen molar-refractivity contribution in [3.8, 4) is 0 Å². The number of Topliss-reactive ketones (excluding diaryl/α,β-unsaturated/α-hetero) is 1. The number of carbonyl (C=O) groups excluding carboxylic acids is 1. The second-order valence-electron chi connectivity index (χ2n) is 15.9. The summed E-state index contributed by atoms with van der Waals surface area (Å²) in [6.45, 7) is 9.38. The molecule has 0 aromatic rings. The van der Waals surface area contributed by atoms with E-state index in [2.05, 4.69) is 25.7 Å². The normalized spacial score (nSPS) is 57.2. The smallest absolute Gasteiger partial charge is 0.186 e. The molecular formula is C33H53NO7. The number of fused-ring (bicyclic) bond motifs is 8. The maximum Gasteiger partial charge on any atom is 0.186 e. The monoisotopic (exact) mass is 575 g/mol. The van der Waals surface area contributed by atoms with Crippen LogP contribution in [0.3, 0.4) is 0 Å². The van der Waals surface area contributed by atoms with Crippen molar-refractivity contribution in [1.82, 2.24) is 4.90 Å². The lowest BCUT2D eigenvalue weighted by Crippen LogP contribution is -2.60. The van der Waals surface area contributed by atoms with Gasteiger partial charge in [0.05, 0.1) is 12.7 Å². The molecule has 0 radical (unpaired) electrons. The van der Waals surface area contributed by atoms with Crippen molar-refractivity contribution in [2.45, 2.75) is 121 Å². The van der Waals surface area contributed by atoms with Crippen molar-refractivity contribution >= 4 is 5.78 Å². The van der Waals surface area contributed by atoms with E-state index >= 15 is 0 Å². The highest BCUT2D eigenvalue weighted by Gasteiger charge is 2.63. The number of carbonyl (C=O) groups is 1. The van der Waals surface area contributed by atoms with Crippen molar-refractivity contribution in [1.29, 1.82) is 0 Å². The average Bonchev–Trinajstić information content (AvgIpc) is 3.32. The molecule has 4 saturated carbocycles. The first-order chi connectivity index (χ1) is 19.6. The Morgan fingerprint density at radius 1 is 0.902 bits per heavy atom. The summed E-state index contributed by atoms with van der Waals surface area (Å²) in [4.78, 5) is 16.7. The van der Waals surface area contributed by atoms with E-state index in [-0.39, 0.29) is 17.4 Å². The molecular weight excluding hydrogens is 522 g/mol. The van der Waals surface area contributed by atoms with Crippen LogP contribution in [0.15, 0.2) is 0 Å². The standard InChI is InChI=1S/C33H53NO7/c1-16-4-5-18-9-20-17(2)8-21-22(24(20)14-34(18)13-16)11-25-23(21)12-27(36)26-10-19(6-7-33(25,26)3)40-32-31(39)30(38)29(37)28(15-35)41-32/h16-26,28-32,35,37-39H,4-15H2,1-3H3/t16-,17-,18-,19+,20+,21+,22+,23+,24+,25+,26-,28-,29-,30-,31-,32-,33+/m1/s1. The highest BCUT2D eigenvalue weighted by atomic mass is 16.7. The molecule has 41 heavy (non-hydrogen) atoms. The molecule has 0 amide bonds. The van der Waals surface area contributed by atoms with Gasteiger partial charge in [0.2, 0.25) is 0 Å². The fourth-order valence-corrected chi connectivity index (χ4v) is 11.7. The number of ether oxygens (including phenoxy) is 2. The molecule has 7 rings (SSSR count). The van der Waals surface area contributed by atoms with E-state index in [1.807, 2.05) is 0 Å². The Morgan fingerprint density at radius 3 is 2.46 bits per heavy atom. The molecule has 4 aliphatic carbocycles. The number of hydrogen-bond donors (Lipinski definition) is 4. The fraction of sp³-hybridized carbons (Fsp3) is 0.970. The zero-order valence-corrected chi connectivity index (χ0v) is 25.2. The Hall–Kier alpha value is -0.610. The summed E-state index contributed by atoms with van der Waals surface area (Å²) in [6, 6.07) is 0.789. The molecule has 7 fully saturated rings. The van der Waals surface area contributed by atoms with Gasteiger partial charge in [-0.2, -0.15) is 0 Å².